The first-order valence-corrected chi connectivity index (χ1v) is 9.09. The fraction of sp³-hybridized carbons (Fsp3) is 0.167. The summed E-state index contributed by atoms with van der Waals surface area (Å²) in [5, 5.41) is 18.1. The van der Waals surface area contributed by atoms with Crippen LogP contribution in [0.2, 0.25) is 0 Å². The molecule has 0 radical (unpaired) electrons. The Balaban J connectivity index is 2.27. The van der Waals surface area contributed by atoms with Crippen molar-refractivity contribution in [1.82, 2.24) is 0 Å². The van der Waals surface area contributed by atoms with Gasteiger partial charge in [-0.1, -0.05) is 6.07 Å². The molecular weight excluding hydrogens is 359 g/mol. The normalized spacial score (nSPS) is 16.8. The molecule has 2 aliphatic rings. The lowest BCUT2D eigenvalue weighted by molar-refractivity contribution is -0.136. The standard InChI is InChI=1S/C18H13FN2O4S/c1-10-13(8-16(22)23)17-15(21-10)6-5-14(19)18(17)26(24,25)12-4-2-3-11(7-12)9-20/h2-5,7H,6,8H2,1H3,(H,22,23). The van der Waals surface area contributed by atoms with Crippen molar-refractivity contribution in [1.29, 1.82) is 5.26 Å². The second-order valence-electron chi connectivity index (χ2n) is 5.80. The number of aliphatic imine (C=N–C) groups is 1. The first-order chi connectivity index (χ1) is 12.3. The van der Waals surface area contributed by atoms with Gasteiger partial charge >= 0.3 is 5.97 Å². The lowest BCUT2D eigenvalue weighted by Gasteiger charge is -2.18. The maximum atomic E-state index is 14.6. The van der Waals surface area contributed by atoms with E-state index >= 15 is 0 Å². The molecule has 26 heavy (non-hydrogen) atoms. The van der Waals surface area contributed by atoms with E-state index in [-0.39, 0.29) is 28.0 Å². The van der Waals surface area contributed by atoms with Crippen LogP contribution in [-0.2, 0) is 14.6 Å². The summed E-state index contributed by atoms with van der Waals surface area (Å²) in [5.74, 6) is -2.11. The minimum atomic E-state index is -4.31. The number of aliphatic carboxylic acids is 1. The van der Waals surface area contributed by atoms with Crippen LogP contribution in [0.5, 0.6) is 0 Å². The summed E-state index contributed by atoms with van der Waals surface area (Å²) >= 11 is 0. The molecule has 0 saturated carbocycles. The number of nitriles is 1. The molecule has 0 spiro atoms. The fourth-order valence-electron chi connectivity index (χ4n) is 2.98. The van der Waals surface area contributed by atoms with Gasteiger partial charge in [0.05, 0.1) is 28.7 Å². The van der Waals surface area contributed by atoms with Crippen molar-refractivity contribution in [3.05, 3.63) is 63.5 Å². The van der Waals surface area contributed by atoms with E-state index in [2.05, 4.69) is 4.99 Å². The average Bonchev–Trinajstić information content (AvgIpc) is 2.90. The van der Waals surface area contributed by atoms with Gasteiger partial charge in [-0.05, 0) is 36.8 Å². The number of carboxylic acids is 1. The van der Waals surface area contributed by atoms with E-state index in [1.807, 2.05) is 6.07 Å². The summed E-state index contributed by atoms with van der Waals surface area (Å²) in [6.07, 6.45) is 0.734. The van der Waals surface area contributed by atoms with Crippen molar-refractivity contribution in [2.45, 2.75) is 24.7 Å². The van der Waals surface area contributed by atoms with Crippen LogP contribution < -0.4 is 0 Å². The molecule has 1 heterocycles. The highest BCUT2D eigenvalue weighted by Gasteiger charge is 2.37. The number of benzene rings is 1. The van der Waals surface area contributed by atoms with Gasteiger partial charge in [-0.3, -0.25) is 9.79 Å². The van der Waals surface area contributed by atoms with Crippen molar-refractivity contribution >= 4 is 21.5 Å². The molecule has 1 aliphatic heterocycles. The fourth-order valence-corrected chi connectivity index (χ4v) is 4.60. The molecule has 0 bridgehead atoms. The zero-order chi connectivity index (χ0) is 19.1. The molecule has 8 heteroatoms. The maximum absolute atomic E-state index is 14.6. The lowest BCUT2D eigenvalue weighted by atomic mass is 9.94. The summed E-state index contributed by atoms with van der Waals surface area (Å²) in [4.78, 5) is 14.6. The maximum Gasteiger partial charge on any atom is 0.307 e. The zero-order valence-corrected chi connectivity index (χ0v) is 14.5. The number of rotatable bonds is 4. The van der Waals surface area contributed by atoms with Crippen LogP contribution in [0.15, 0.2) is 67.8 Å². The third-order valence-electron chi connectivity index (χ3n) is 4.12. The van der Waals surface area contributed by atoms with E-state index in [1.54, 1.807) is 6.92 Å². The molecule has 0 unspecified atom stereocenters. The Labute approximate surface area is 149 Å². The zero-order valence-electron chi connectivity index (χ0n) is 13.7. The third-order valence-corrected chi connectivity index (χ3v) is 5.93. The van der Waals surface area contributed by atoms with E-state index in [4.69, 9.17) is 10.4 Å². The van der Waals surface area contributed by atoms with Gasteiger partial charge in [-0.2, -0.15) is 5.26 Å². The average molecular weight is 372 g/mol. The van der Waals surface area contributed by atoms with Gasteiger partial charge in [0.15, 0.2) is 0 Å². The number of carbonyl (C=O) groups is 1. The Morgan fingerprint density at radius 2 is 2.15 bits per heavy atom. The predicted molar refractivity (Wildman–Crippen MR) is 91.6 cm³/mol. The van der Waals surface area contributed by atoms with Gasteiger partial charge in [-0.15, -0.1) is 0 Å². The highest BCUT2D eigenvalue weighted by Crippen LogP contribution is 2.41. The van der Waals surface area contributed by atoms with E-state index in [0.29, 0.717) is 11.4 Å². The second-order valence-corrected chi connectivity index (χ2v) is 7.68. The number of sulfone groups is 1. The number of halogens is 1. The molecule has 0 atom stereocenters. The van der Waals surface area contributed by atoms with Crippen LogP contribution in [0.4, 0.5) is 4.39 Å². The molecule has 0 amide bonds. The van der Waals surface area contributed by atoms with Crippen molar-refractivity contribution in [3.8, 4) is 6.07 Å². The molecule has 1 aromatic carbocycles. The van der Waals surface area contributed by atoms with Crippen LogP contribution in [0, 0.1) is 11.3 Å². The second kappa shape index (κ2) is 6.35. The number of allylic oxidation sites excluding steroid dienone is 4. The van der Waals surface area contributed by atoms with E-state index in [9.17, 15) is 17.6 Å². The largest absolute Gasteiger partial charge is 0.481 e. The van der Waals surface area contributed by atoms with Crippen molar-refractivity contribution < 1.29 is 22.7 Å². The van der Waals surface area contributed by atoms with Crippen LogP contribution in [0.3, 0.4) is 0 Å². The summed E-state index contributed by atoms with van der Waals surface area (Å²) in [6.45, 7) is 1.56. The summed E-state index contributed by atoms with van der Waals surface area (Å²) in [5.41, 5.74) is 1.02. The van der Waals surface area contributed by atoms with Gasteiger partial charge in [-0.25, -0.2) is 12.8 Å². The Hall–Kier alpha value is -3.05. The molecular formula is C18H13FN2O4S. The molecule has 0 fully saturated rings. The van der Waals surface area contributed by atoms with Crippen LogP contribution in [-0.4, -0.2) is 25.2 Å². The van der Waals surface area contributed by atoms with Gasteiger partial charge in [0.1, 0.15) is 10.7 Å². The van der Waals surface area contributed by atoms with Crippen LogP contribution >= 0.6 is 0 Å². The van der Waals surface area contributed by atoms with Crippen LogP contribution in [0.25, 0.3) is 0 Å². The number of carboxylic acid groups (broad SMARTS) is 1. The molecule has 0 aromatic heterocycles. The summed E-state index contributed by atoms with van der Waals surface area (Å²) in [6, 6.07) is 7.10. The highest BCUT2D eigenvalue weighted by atomic mass is 32.2. The Kier molecular flexibility index (Phi) is 4.34. The molecule has 132 valence electrons. The van der Waals surface area contributed by atoms with E-state index in [0.717, 1.165) is 12.1 Å². The molecule has 6 nitrogen and oxygen atoms in total. The molecule has 0 saturated heterocycles. The van der Waals surface area contributed by atoms with E-state index in [1.165, 1.54) is 18.2 Å². The predicted octanol–water partition coefficient (Wildman–Crippen LogP) is 3.05. The van der Waals surface area contributed by atoms with Gasteiger partial charge in [0.2, 0.25) is 9.84 Å². The summed E-state index contributed by atoms with van der Waals surface area (Å²) in [7, 11) is -4.31. The van der Waals surface area contributed by atoms with E-state index < -0.39 is 33.0 Å². The third kappa shape index (κ3) is 2.86. The number of hydrogen-bond donors (Lipinski definition) is 1. The van der Waals surface area contributed by atoms with Gasteiger partial charge < -0.3 is 5.11 Å². The van der Waals surface area contributed by atoms with Gasteiger partial charge in [0.25, 0.3) is 0 Å². The first-order valence-electron chi connectivity index (χ1n) is 7.61. The molecule has 1 N–H and O–H groups in total. The minimum Gasteiger partial charge on any atom is -0.481 e. The topological polar surface area (TPSA) is 108 Å². The molecule has 1 aromatic rings. The summed E-state index contributed by atoms with van der Waals surface area (Å²) < 4.78 is 40.8. The Morgan fingerprint density at radius 1 is 1.42 bits per heavy atom. The highest BCUT2D eigenvalue weighted by molar-refractivity contribution is 7.95. The van der Waals surface area contributed by atoms with Crippen molar-refractivity contribution in [2.24, 2.45) is 4.99 Å². The van der Waals surface area contributed by atoms with Crippen LogP contribution in [0.1, 0.15) is 25.3 Å². The Bertz CT molecular complexity index is 1100. The SMILES string of the molecule is CC1=C(CC(=O)O)C2=C(S(=O)(=O)c3cccc(C#N)c3)C(F)=CCC2=N1. The monoisotopic (exact) mass is 372 g/mol. The molecule has 1 aliphatic carbocycles. The van der Waals surface area contributed by atoms with Crippen molar-refractivity contribution in [2.75, 3.05) is 0 Å². The first kappa shape index (κ1) is 17.8. The number of fused-ring (bicyclic) bond motifs is 1. The number of nitrogens with zero attached hydrogens (tertiary/aromatic N) is 2. The smallest absolute Gasteiger partial charge is 0.307 e. The minimum absolute atomic E-state index is 0.0206. The van der Waals surface area contributed by atoms with Gasteiger partial charge in [0, 0.05) is 17.7 Å². The Morgan fingerprint density at radius 3 is 2.81 bits per heavy atom. The lowest BCUT2D eigenvalue weighted by Crippen LogP contribution is -2.18. The number of hydrogen-bond acceptors (Lipinski definition) is 5. The molecule has 3 rings (SSSR count). The van der Waals surface area contributed by atoms with Crippen molar-refractivity contribution in [3.63, 3.8) is 0 Å². The quantitative estimate of drug-likeness (QED) is 0.874.